The summed E-state index contributed by atoms with van der Waals surface area (Å²) >= 11 is 0. The summed E-state index contributed by atoms with van der Waals surface area (Å²) in [7, 11) is 0. The van der Waals surface area contributed by atoms with Gasteiger partial charge in [0.15, 0.2) is 0 Å². The number of nitrogens with zero attached hydrogens (tertiary/aromatic N) is 3. The van der Waals surface area contributed by atoms with E-state index in [-0.39, 0.29) is 11.6 Å². The normalized spacial score (nSPS) is 17.0. The zero-order valence-corrected chi connectivity index (χ0v) is 11.9. The Morgan fingerprint density at radius 3 is 2.52 bits per heavy atom. The molecule has 0 aliphatic carbocycles. The smallest absolute Gasteiger partial charge is 0.309 e. The molecule has 1 fully saturated rings. The molecule has 0 aromatic carbocycles. The molecule has 1 aliphatic heterocycles. The van der Waals surface area contributed by atoms with Crippen molar-refractivity contribution in [3.8, 4) is 6.07 Å². The van der Waals surface area contributed by atoms with Crippen molar-refractivity contribution in [3.05, 3.63) is 29.6 Å². The van der Waals surface area contributed by atoms with Gasteiger partial charge in [0.25, 0.3) is 5.91 Å². The number of carbonyl (C=O) groups is 2. The first kappa shape index (κ1) is 15.0. The standard InChI is InChI=1S/C15H17N3O3/c1-2-15(14(20)21)5-7-18(8-6-15)13(19)12-4-3-11(9-16)10-17-12/h3-4,10H,2,5-8H2,1H3,(H,20,21). The summed E-state index contributed by atoms with van der Waals surface area (Å²) in [5.41, 5.74) is -0.0242. The SMILES string of the molecule is CCC1(C(=O)O)CCN(C(=O)c2ccc(C#N)cn2)CC1. The van der Waals surface area contributed by atoms with Crippen LogP contribution in [0.2, 0.25) is 0 Å². The van der Waals surface area contributed by atoms with Crippen molar-refractivity contribution in [2.24, 2.45) is 5.41 Å². The maximum Gasteiger partial charge on any atom is 0.309 e. The summed E-state index contributed by atoms with van der Waals surface area (Å²) in [4.78, 5) is 29.3. The number of carboxylic acids is 1. The van der Waals surface area contributed by atoms with Crippen molar-refractivity contribution in [1.82, 2.24) is 9.88 Å². The summed E-state index contributed by atoms with van der Waals surface area (Å²) in [5.74, 6) is -0.997. The molecule has 1 saturated heterocycles. The largest absolute Gasteiger partial charge is 0.481 e. The fraction of sp³-hybridized carbons (Fsp3) is 0.467. The lowest BCUT2D eigenvalue weighted by Crippen LogP contribution is -2.46. The number of hydrogen-bond acceptors (Lipinski definition) is 4. The van der Waals surface area contributed by atoms with Crippen LogP contribution in [0.5, 0.6) is 0 Å². The Morgan fingerprint density at radius 2 is 2.10 bits per heavy atom. The van der Waals surface area contributed by atoms with Crippen LogP contribution in [0.15, 0.2) is 18.3 Å². The van der Waals surface area contributed by atoms with E-state index in [9.17, 15) is 14.7 Å². The van der Waals surface area contributed by atoms with Crippen LogP contribution in [-0.2, 0) is 4.79 Å². The lowest BCUT2D eigenvalue weighted by atomic mass is 9.76. The fourth-order valence-electron chi connectivity index (χ4n) is 2.60. The lowest BCUT2D eigenvalue weighted by molar-refractivity contribution is -0.152. The first-order chi connectivity index (χ1) is 10.0. The van der Waals surface area contributed by atoms with Crippen LogP contribution in [0.1, 0.15) is 42.2 Å². The highest BCUT2D eigenvalue weighted by Gasteiger charge is 2.40. The minimum atomic E-state index is -0.784. The van der Waals surface area contributed by atoms with Crippen LogP contribution < -0.4 is 0 Å². The van der Waals surface area contributed by atoms with E-state index in [1.54, 1.807) is 11.0 Å². The number of aliphatic carboxylic acids is 1. The van der Waals surface area contributed by atoms with Gasteiger partial charge in [0, 0.05) is 19.3 Å². The van der Waals surface area contributed by atoms with Crippen LogP contribution in [0.4, 0.5) is 0 Å². The molecule has 0 spiro atoms. The Balaban J connectivity index is 2.06. The molecule has 0 radical (unpaired) electrons. The van der Waals surface area contributed by atoms with Crippen LogP contribution in [0.3, 0.4) is 0 Å². The molecule has 21 heavy (non-hydrogen) atoms. The third-order valence-electron chi connectivity index (χ3n) is 4.25. The van der Waals surface area contributed by atoms with E-state index >= 15 is 0 Å². The molecule has 6 nitrogen and oxygen atoms in total. The summed E-state index contributed by atoms with van der Waals surface area (Å²) in [6.07, 6.45) is 2.85. The number of amides is 1. The van der Waals surface area contributed by atoms with Gasteiger partial charge >= 0.3 is 5.97 Å². The van der Waals surface area contributed by atoms with Gasteiger partial charge in [-0.15, -0.1) is 0 Å². The minimum Gasteiger partial charge on any atom is -0.481 e. The van der Waals surface area contributed by atoms with Gasteiger partial charge in [-0.2, -0.15) is 5.26 Å². The first-order valence-corrected chi connectivity index (χ1v) is 6.91. The molecule has 110 valence electrons. The molecule has 1 aliphatic rings. The Kier molecular flexibility index (Phi) is 4.22. The van der Waals surface area contributed by atoms with E-state index in [0.29, 0.717) is 37.9 Å². The van der Waals surface area contributed by atoms with Crippen LogP contribution in [-0.4, -0.2) is 40.0 Å². The van der Waals surface area contributed by atoms with E-state index in [1.807, 2.05) is 13.0 Å². The molecule has 6 heteroatoms. The zero-order chi connectivity index (χ0) is 15.5. The maximum absolute atomic E-state index is 12.3. The molecular weight excluding hydrogens is 270 g/mol. The fourth-order valence-corrected chi connectivity index (χ4v) is 2.60. The molecular formula is C15H17N3O3. The average Bonchev–Trinajstić information content (AvgIpc) is 2.54. The van der Waals surface area contributed by atoms with Crippen molar-refractivity contribution < 1.29 is 14.7 Å². The van der Waals surface area contributed by atoms with Crippen molar-refractivity contribution in [2.75, 3.05) is 13.1 Å². The van der Waals surface area contributed by atoms with Gasteiger partial charge in [-0.25, -0.2) is 4.98 Å². The van der Waals surface area contributed by atoms with Crippen molar-refractivity contribution in [1.29, 1.82) is 5.26 Å². The van der Waals surface area contributed by atoms with Crippen molar-refractivity contribution >= 4 is 11.9 Å². The molecule has 0 bridgehead atoms. The maximum atomic E-state index is 12.3. The third-order valence-corrected chi connectivity index (χ3v) is 4.25. The third kappa shape index (κ3) is 2.87. The van der Waals surface area contributed by atoms with Gasteiger partial charge < -0.3 is 10.0 Å². The van der Waals surface area contributed by atoms with Gasteiger partial charge in [-0.3, -0.25) is 9.59 Å². The van der Waals surface area contributed by atoms with Crippen LogP contribution in [0.25, 0.3) is 0 Å². The van der Waals surface area contributed by atoms with E-state index in [0.717, 1.165) is 0 Å². The molecule has 1 N–H and O–H groups in total. The summed E-state index contributed by atoms with van der Waals surface area (Å²) in [5, 5.41) is 18.1. The topological polar surface area (TPSA) is 94.3 Å². The number of likely N-dealkylation sites (tertiary alicyclic amines) is 1. The van der Waals surface area contributed by atoms with Gasteiger partial charge in [-0.05, 0) is 31.4 Å². The molecule has 0 unspecified atom stereocenters. The number of rotatable bonds is 3. The highest BCUT2D eigenvalue weighted by molar-refractivity contribution is 5.92. The first-order valence-electron chi connectivity index (χ1n) is 6.91. The minimum absolute atomic E-state index is 0.213. The van der Waals surface area contributed by atoms with Gasteiger partial charge in [0.05, 0.1) is 11.0 Å². The quantitative estimate of drug-likeness (QED) is 0.912. The number of carboxylic acid groups (broad SMARTS) is 1. The number of hydrogen-bond donors (Lipinski definition) is 1. The number of piperidine rings is 1. The second-order valence-electron chi connectivity index (χ2n) is 5.28. The molecule has 1 aromatic heterocycles. The van der Waals surface area contributed by atoms with E-state index < -0.39 is 11.4 Å². The molecule has 2 rings (SSSR count). The second-order valence-corrected chi connectivity index (χ2v) is 5.28. The monoisotopic (exact) mass is 287 g/mol. The number of nitriles is 1. The highest BCUT2D eigenvalue weighted by Crippen LogP contribution is 2.35. The Bertz CT molecular complexity index is 581. The summed E-state index contributed by atoms with van der Waals surface area (Å²) < 4.78 is 0. The number of carbonyl (C=O) groups excluding carboxylic acids is 1. The van der Waals surface area contributed by atoms with Crippen LogP contribution >= 0.6 is 0 Å². The number of pyridine rings is 1. The van der Waals surface area contributed by atoms with Crippen molar-refractivity contribution in [2.45, 2.75) is 26.2 Å². The van der Waals surface area contributed by atoms with E-state index in [2.05, 4.69) is 4.98 Å². The van der Waals surface area contributed by atoms with Gasteiger partial charge in [0.2, 0.25) is 0 Å². The number of aromatic nitrogens is 1. The van der Waals surface area contributed by atoms with E-state index in [4.69, 9.17) is 5.26 Å². The predicted octanol–water partition coefficient (Wildman–Crippen LogP) is 1.67. The molecule has 1 aromatic rings. The van der Waals surface area contributed by atoms with Gasteiger partial charge in [0.1, 0.15) is 11.8 Å². The average molecular weight is 287 g/mol. The Labute approximate surface area is 123 Å². The second kappa shape index (κ2) is 5.92. The molecule has 0 atom stereocenters. The predicted molar refractivity (Wildman–Crippen MR) is 74.4 cm³/mol. The highest BCUT2D eigenvalue weighted by atomic mass is 16.4. The Morgan fingerprint density at radius 1 is 1.43 bits per heavy atom. The lowest BCUT2D eigenvalue weighted by Gasteiger charge is -2.38. The van der Waals surface area contributed by atoms with E-state index in [1.165, 1.54) is 12.3 Å². The van der Waals surface area contributed by atoms with Crippen molar-refractivity contribution in [3.63, 3.8) is 0 Å². The zero-order valence-electron chi connectivity index (χ0n) is 11.9. The molecule has 1 amide bonds. The van der Waals surface area contributed by atoms with Crippen LogP contribution in [0, 0.1) is 16.7 Å². The molecule has 2 heterocycles. The molecule has 0 saturated carbocycles. The summed E-state index contributed by atoms with van der Waals surface area (Å²) in [6, 6.07) is 5.03. The Hall–Kier alpha value is -2.42. The van der Waals surface area contributed by atoms with Gasteiger partial charge in [-0.1, -0.05) is 6.92 Å². The summed E-state index contributed by atoms with van der Waals surface area (Å²) in [6.45, 7) is 2.70.